The summed E-state index contributed by atoms with van der Waals surface area (Å²) in [5.41, 5.74) is 2.18. The van der Waals surface area contributed by atoms with Crippen LogP contribution in [0.4, 0.5) is 4.39 Å². The molecule has 2 heteroatoms. The summed E-state index contributed by atoms with van der Waals surface area (Å²) in [5.74, 6) is -0.405. The molecule has 1 unspecified atom stereocenters. The monoisotopic (exact) mass is 256 g/mol. The Balaban J connectivity index is 2.40. The topological polar surface area (TPSA) is 17.1 Å². The second kappa shape index (κ2) is 5.79. The number of rotatable bonds is 4. The van der Waals surface area contributed by atoms with Gasteiger partial charge in [0, 0.05) is 11.5 Å². The van der Waals surface area contributed by atoms with Gasteiger partial charge in [0.2, 0.25) is 0 Å². The Labute approximate surface area is 113 Å². The first-order chi connectivity index (χ1) is 9.13. The Morgan fingerprint density at radius 3 is 2.37 bits per heavy atom. The van der Waals surface area contributed by atoms with E-state index in [2.05, 4.69) is 0 Å². The van der Waals surface area contributed by atoms with E-state index in [1.807, 2.05) is 43.3 Å². The van der Waals surface area contributed by atoms with Crippen LogP contribution in [0.5, 0.6) is 0 Å². The van der Waals surface area contributed by atoms with Crippen molar-refractivity contribution in [3.63, 3.8) is 0 Å². The maximum Gasteiger partial charge on any atom is 0.137 e. The Bertz CT molecular complexity index is 575. The van der Waals surface area contributed by atoms with Gasteiger partial charge in [-0.25, -0.2) is 4.39 Å². The molecule has 0 aliphatic carbocycles. The fourth-order valence-corrected chi connectivity index (χ4v) is 2.36. The minimum Gasteiger partial charge on any atom is -0.299 e. The number of hydrogen-bond donors (Lipinski definition) is 0. The molecule has 0 spiro atoms. The molecule has 1 nitrogen and oxygen atoms in total. The molecule has 0 N–H and O–H groups in total. The summed E-state index contributed by atoms with van der Waals surface area (Å²) >= 11 is 0. The van der Waals surface area contributed by atoms with Crippen molar-refractivity contribution in [3.8, 4) is 11.1 Å². The SMILES string of the molecule is CCC(C(C)=O)c1ccc(-c2ccccc2)c(F)c1. The average molecular weight is 256 g/mol. The van der Waals surface area contributed by atoms with Gasteiger partial charge in [0.25, 0.3) is 0 Å². The first-order valence-corrected chi connectivity index (χ1v) is 6.48. The molecule has 0 aromatic heterocycles. The predicted molar refractivity (Wildman–Crippen MR) is 75.5 cm³/mol. The van der Waals surface area contributed by atoms with Crippen LogP contribution < -0.4 is 0 Å². The fourth-order valence-electron chi connectivity index (χ4n) is 2.36. The summed E-state index contributed by atoms with van der Waals surface area (Å²) in [7, 11) is 0. The van der Waals surface area contributed by atoms with Crippen LogP contribution >= 0.6 is 0 Å². The Kier molecular flexibility index (Phi) is 4.10. The number of benzene rings is 2. The van der Waals surface area contributed by atoms with Gasteiger partial charge in [0.15, 0.2) is 0 Å². The molecule has 0 aliphatic rings. The van der Waals surface area contributed by atoms with Crippen molar-refractivity contribution in [2.24, 2.45) is 0 Å². The molecule has 2 aromatic rings. The minimum absolute atomic E-state index is 0.0781. The first-order valence-electron chi connectivity index (χ1n) is 6.48. The van der Waals surface area contributed by atoms with Crippen LogP contribution in [-0.2, 0) is 4.79 Å². The summed E-state index contributed by atoms with van der Waals surface area (Å²) in [6, 6.07) is 14.5. The van der Waals surface area contributed by atoms with E-state index in [4.69, 9.17) is 0 Å². The van der Waals surface area contributed by atoms with Crippen molar-refractivity contribution < 1.29 is 9.18 Å². The number of carbonyl (C=O) groups is 1. The summed E-state index contributed by atoms with van der Waals surface area (Å²) in [6.07, 6.45) is 0.694. The second-order valence-corrected chi connectivity index (χ2v) is 4.68. The standard InChI is InChI=1S/C17H17FO/c1-3-15(12(2)19)14-9-10-16(17(18)11-14)13-7-5-4-6-8-13/h4-11,15H,3H2,1-2H3. The van der Waals surface area contributed by atoms with E-state index in [0.717, 1.165) is 11.1 Å². The second-order valence-electron chi connectivity index (χ2n) is 4.68. The van der Waals surface area contributed by atoms with Crippen LogP contribution in [0.1, 0.15) is 31.7 Å². The number of carbonyl (C=O) groups excluding carboxylic acids is 1. The molecule has 98 valence electrons. The molecule has 0 bridgehead atoms. The summed E-state index contributed by atoms with van der Waals surface area (Å²) in [6.45, 7) is 3.49. The Morgan fingerprint density at radius 1 is 1.16 bits per heavy atom. The molecular formula is C17H17FO. The molecule has 0 saturated carbocycles. The number of Topliss-reactive ketones (excluding diaryl/α,β-unsaturated/α-hetero) is 1. The van der Waals surface area contributed by atoms with Crippen LogP contribution in [-0.4, -0.2) is 5.78 Å². The Hall–Kier alpha value is -1.96. The van der Waals surface area contributed by atoms with Gasteiger partial charge in [-0.1, -0.05) is 49.4 Å². The van der Waals surface area contributed by atoms with Crippen LogP contribution in [0.2, 0.25) is 0 Å². The van der Waals surface area contributed by atoms with Crippen LogP contribution in [0.3, 0.4) is 0 Å². The van der Waals surface area contributed by atoms with Crippen LogP contribution in [0.25, 0.3) is 11.1 Å². The highest BCUT2D eigenvalue weighted by Gasteiger charge is 2.16. The lowest BCUT2D eigenvalue weighted by molar-refractivity contribution is -0.118. The molecule has 2 aromatic carbocycles. The van der Waals surface area contributed by atoms with Crippen molar-refractivity contribution in [2.45, 2.75) is 26.2 Å². The van der Waals surface area contributed by atoms with Gasteiger partial charge in [-0.2, -0.15) is 0 Å². The summed E-state index contributed by atoms with van der Waals surface area (Å²) in [5, 5.41) is 0. The van der Waals surface area contributed by atoms with Crippen molar-refractivity contribution in [1.82, 2.24) is 0 Å². The van der Waals surface area contributed by atoms with Gasteiger partial charge >= 0.3 is 0 Å². The number of hydrogen-bond acceptors (Lipinski definition) is 1. The van der Waals surface area contributed by atoms with E-state index in [-0.39, 0.29) is 17.5 Å². The van der Waals surface area contributed by atoms with Crippen LogP contribution in [0, 0.1) is 5.82 Å². The quantitative estimate of drug-likeness (QED) is 0.782. The molecule has 2 rings (SSSR count). The van der Waals surface area contributed by atoms with Gasteiger partial charge in [-0.3, -0.25) is 4.79 Å². The highest BCUT2D eigenvalue weighted by molar-refractivity contribution is 5.83. The van der Waals surface area contributed by atoms with Gasteiger partial charge in [-0.15, -0.1) is 0 Å². The number of halogens is 1. The van der Waals surface area contributed by atoms with E-state index in [9.17, 15) is 9.18 Å². The third-order valence-corrected chi connectivity index (χ3v) is 3.38. The lowest BCUT2D eigenvalue weighted by Gasteiger charge is -2.13. The first kappa shape index (κ1) is 13.5. The molecule has 0 heterocycles. The van der Waals surface area contributed by atoms with Crippen molar-refractivity contribution in [1.29, 1.82) is 0 Å². The molecule has 0 fully saturated rings. The van der Waals surface area contributed by atoms with Gasteiger partial charge in [0.1, 0.15) is 11.6 Å². The van der Waals surface area contributed by atoms with Gasteiger partial charge in [-0.05, 0) is 30.5 Å². The zero-order chi connectivity index (χ0) is 13.8. The van der Waals surface area contributed by atoms with Crippen molar-refractivity contribution in [3.05, 3.63) is 59.9 Å². The molecule has 0 amide bonds. The Morgan fingerprint density at radius 2 is 1.84 bits per heavy atom. The third-order valence-electron chi connectivity index (χ3n) is 3.38. The molecule has 0 radical (unpaired) electrons. The molecule has 1 atom stereocenters. The smallest absolute Gasteiger partial charge is 0.137 e. The molecule has 0 aliphatic heterocycles. The zero-order valence-corrected chi connectivity index (χ0v) is 11.2. The maximum atomic E-state index is 14.2. The maximum absolute atomic E-state index is 14.2. The average Bonchev–Trinajstić information content (AvgIpc) is 2.40. The van der Waals surface area contributed by atoms with Crippen LogP contribution in [0.15, 0.2) is 48.5 Å². The minimum atomic E-state index is -0.275. The normalized spacial score (nSPS) is 12.2. The highest BCUT2D eigenvalue weighted by atomic mass is 19.1. The lowest BCUT2D eigenvalue weighted by Crippen LogP contribution is -2.08. The van der Waals surface area contributed by atoms with Gasteiger partial charge in [0.05, 0.1) is 0 Å². The van der Waals surface area contributed by atoms with E-state index in [1.54, 1.807) is 13.0 Å². The van der Waals surface area contributed by atoms with E-state index >= 15 is 0 Å². The number of ketones is 1. The van der Waals surface area contributed by atoms with Crippen molar-refractivity contribution in [2.75, 3.05) is 0 Å². The fraction of sp³-hybridized carbons (Fsp3) is 0.235. The van der Waals surface area contributed by atoms with E-state index in [1.165, 1.54) is 6.07 Å². The van der Waals surface area contributed by atoms with Crippen molar-refractivity contribution >= 4 is 5.78 Å². The predicted octanol–water partition coefficient (Wildman–Crippen LogP) is 4.58. The van der Waals surface area contributed by atoms with Gasteiger partial charge < -0.3 is 0 Å². The largest absolute Gasteiger partial charge is 0.299 e. The molecule has 0 saturated heterocycles. The summed E-state index contributed by atoms with van der Waals surface area (Å²) < 4.78 is 14.2. The lowest BCUT2D eigenvalue weighted by atomic mass is 9.91. The van der Waals surface area contributed by atoms with E-state index < -0.39 is 0 Å². The molecular weight excluding hydrogens is 239 g/mol. The third kappa shape index (κ3) is 2.90. The zero-order valence-electron chi connectivity index (χ0n) is 11.2. The highest BCUT2D eigenvalue weighted by Crippen LogP contribution is 2.27. The molecule has 19 heavy (non-hydrogen) atoms. The summed E-state index contributed by atoms with van der Waals surface area (Å²) in [4.78, 5) is 11.5. The van der Waals surface area contributed by atoms with E-state index in [0.29, 0.717) is 12.0 Å².